The lowest BCUT2D eigenvalue weighted by Gasteiger charge is -2.33. The molecule has 0 radical (unpaired) electrons. The Morgan fingerprint density at radius 2 is 2.26 bits per heavy atom. The van der Waals surface area contributed by atoms with Gasteiger partial charge in [0, 0.05) is 37.5 Å². The van der Waals surface area contributed by atoms with Crippen molar-refractivity contribution in [3.8, 4) is 5.75 Å². The van der Waals surface area contributed by atoms with Gasteiger partial charge in [0.25, 0.3) is 0 Å². The summed E-state index contributed by atoms with van der Waals surface area (Å²) in [5, 5.41) is 3.03. The fraction of sp³-hybridized carbons (Fsp3) is 0.619. The monoisotopic (exact) mass is 376 g/mol. The van der Waals surface area contributed by atoms with Crippen molar-refractivity contribution in [2.45, 2.75) is 57.4 Å². The van der Waals surface area contributed by atoms with Crippen LogP contribution < -0.4 is 10.1 Å². The predicted molar refractivity (Wildman–Crippen MR) is 101 cm³/mol. The second kappa shape index (κ2) is 8.28. The van der Waals surface area contributed by atoms with Gasteiger partial charge < -0.3 is 15.0 Å². The topological polar surface area (TPSA) is 58.6 Å². The number of carbonyl (C=O) groups is 2. The largest absolute Gasteiger partial charge is 0.497 e. The molecule has 0 unspecified atom stereocenters. The Balaban J connectivity index is 1.68. The quantitative estimate of drug-likeness (QED) is 0.830. The van der Waals surface area contributed by atoms with Crippen molar-refractivity contribution in [2.24, 2.45) is 5.92 Å². The molecule has 2 fully saturated rings. The van der Waals surface area contributed by atoms with Crippen molar-refractivity contribution < 1.29 is 18.7 Å². The van der Waals surface area contributed by atoms with E-state index in [0.29, 0.717) is 49.3 Å². The van der Waals surface area contributed by atoms with Crippen LogP contribution in [0.4, 0.5) is 4.39 Å². The van der Waals surface area contributed by atoms with Gasteiger partial charge in [0.1, 0.15) is 11.6 Å². The molecule has 5 nitrogen and oxygen atoms in total. The Morgan fingerprint density at radius 1 is 1.44 bits per heavy atom. The van der Waals surface area contributed by atoms with Crippen LogP contribution in [0.2, 0.25) is 0 Å². The van der Waals surface area contributed by atoms with Gasteiger partial charge in [-0.3, -0.25) is 9.59 Å². The predicted octanol–water partition coefficient (Wildman–Crippen LogP) is 3.06. The molecule has 148 valence electrons. The third kappa shape index (κ3) is 4.79. The normalized spacial score (nSPS) is 25.4. The Hall–Kier alpha value is -2.11. The van der Waals surface area contributed by atoms with Crippen LogP contribution in [-0.2, 0) is 16.0 Å². The van der Waals surface area contributed by atoms with Crippen LogP contribution in [0.25, 0.3) is 0 Å². The maximum Gasteiger partial charge on any atom is 0.222 e. The van der Waals surface area contributed by atoms with Crippen molar-refractivity contribution >= 4 is 11.8 Å². The molecule has 2 aliphatic heterocycles. The highest BCUT2D eigenvalue weighted by atomic mass is 19.1. The summed E-state index contributed by atoms with van der Waals surface area (Å²) in [4.78, 5) is 26.5. The van der Waals surface area contributed by atoms with Crippen molar-refractivity contribution in [3.63, 3.8) is 0 Å². The van der Waals surface area contributed by atoms with Crippen LogP contribution >= 0.6 is 0 Å². The molecule has 27 heavy (non-hydrogen) atoms. The standard InChI is InChI=1S/C21H29FN2O3/c1-15-4-3-11-24(14-15)20(26)8-10-21(9-7-19(25)23-21)13-16-5-6-17(27-2)12-18(16)22/h5-6,12,15H,3-4,7-11,13-14H2,1-2H3,(H,23,25)/t15-,21-/m1/s1. The summed E-state index contributed by atoms with van der Waals surface area (Å²) in [5.74, 6) is 0.776. The second-order valence-electron chi connectivity index (χ2n) is 8.05. The lowest BCUT2D eigenvalue weighted by atomic mass is 9.84. The number of piperidine rings is 1. The van der Waals surface area contributed by atoms with Gasteiger partial charge in [-0.25, -0.2) is 4.39 Å². The minimum absolute atomic E-state index is 0.0250. The van der Waals surface area contributed by atoms with E-state index < -0.39 is 5.54 Å². The zero-order valence-electron chi connectivity index (χ0n) is 16.2. The molecule has 1 aromatic rings. The van der Waals surface area contributed by atoms with Gasteiger partial charge in [-0.1, -0.05) is 13.0 Å². The van der Waals surface area contributed by atoms with Crippen molar-refractivity contribution in [1.29, 1.82) is 0 Å². The van der Waals surface area contributed by atoms with E-state index in [1.54, 1.807) is 12.1 Å². The highest BCUT2D eigenvalue weighted by Gasteiger charge is 2.39. The maximum atomic E-state index is 14.4. The highest BCUT2D eigenvalue weighted by molar-refractivity contribution is 5.80. The molecule has 1 aromatic carbocycles. The smallest absolute Gasteiger partial charge is 0.222 e. The van der Waals surface area contributed by atoms with Crippen LogP contribution in [-0.4, -0.2) is 42.5 Å². The fourth-order valence-electron chi connectivity index (χ4n) is 4.27. The van der Waals surface area contributed by atoms with Gasteiger partial charge in [-0.2, -0.15) is 0 Å². The van der Waals surface area contributed by atoms with E-state index in [-0.39, 0.29) is 17.6 Å². The molecular formula is C21H29FN2O3. The average Bonchev–Trinajstić information content (AvgIpc) is 3.02. The summed E-state index contributed by atoms with van der Waals surface area (Å²) in [6, 6.07) is 4.79. The van der Waals surface area contributed by atoms with Gasteiger partial charge in [0.15, 0.2) is 0 Å². The number of amides is 2. The molecule has 2 atom stereocenters. The van der Waals surface area contributed by atoms with Crippen LogP contribution in [0.1, 0.15) is 51.0 Å². The number of ether oxygens (including phenoxy) is 1. The first-order valence-corrected chi connectivity index (χ1v) is 9.82. The van der Waals surface area contributed by atoms with Gasteiger partial charge in [0.05, 0.1) is 7.11 Å². The molecule has 3 rings (SSSR count). The molecule has 1 N–H and O–H groups in total. The Labute approximate surface area is 160 Å². The van der Waals surface area contributed by atoms with E-state index in [2.05, 4.69) is 12.2 Å². The first-order valence-electron chi connectivity index (χ1n) is 9.82. The summed E-state index contributed by atoms with van der Waals surface area (Å²) in [6.07, 6.45) is 4.57. The van der Waals surface area contributed by atoms with Crippen molar-refractivity contribution in [3.05, 3.63) is 29.6 Å². The zero-order chi connectivity index (χ0) is 19.4. The summed E-state index contributed by atoms with van der Waals surface area (Å²) in [7, 11) is 1.50. The average molecular weight is 376 g/mol. The molecule has 2 saturated heterocycles. The van der Waals surface area contributed by atoms with E-state index in [0.717, 1.165) is 19.5 Å². The number of nitrogens with zero attached hydrogens (tertiary/aromatic N) is 1. The number of hydrogen-bond acceptors (Lipinski definition) is 3. The second-order valence-corrected chi connectivity index (χ2v) is 8.05. The number of carbonyl (C=O) groups excluding carboxylic acids is 2. The molecular weight excluding hydrogens is 347 g/mol. The Morgan fingerprint density at radius 3 is 2.89 bits per heavy atom. The number of methoxy groups -OCH3 is 1. The summed E-state index contributed by atoms with van der Waals surface area (Å²) >= 11 is 0. The SMILES string of the molecule is COc1ccc(C[C@]2(CCC(=O)N3CCC[C@@H](C)C3)CCC(=O)N2)c(F)c1. The highest BCUT2D eigenvalue weighted by Crippen LogP contribution is 2.32. The minimum Gasteiger partial charge on any atom is -0.497 e. The minimum atomic E-state index is -0.552. The molecule has 2 aliphatic rings. The van der Waals surface area contributed by atoms with Crippen LogP contribution in [0.15, 0.2) is 18.2 Å². The van der Waals surface area contributed by atoms with Crippen LogP contribution in [0.5, 0.6) is 5.75 Å². The molecule has 2 amide bonds. The first kappa shape index (κ1) is 19.6. The molecule has 2 heterocycles. The van der Waals surface area contributed by atoms with Gasteiger partial charge in [-0.15, -0.1) is 0 Å². The lowest BCUT2D eigenvalue weighted by molar-refractivity contribution is -0.133. The van der Waals surface area contributed by atoms with E-state index in [1.165, 1.54) is 19.6 Å². The zero-order valence-corrected chi connectivity index (χ0v) is 16.2. The third-order valence-electron chi connectivity index (χ3n) is 5.85. The number of hydrogen-bond donors (Lipinski definition) is 1. The number of rotatable bonds is 6. The summed E-state index contributed by atoms with van der Waals surface area (Å²) in [6.45, 7) is 3.80. The first-order chi connectivity index (χ1) is 12.9. The van der Waals surface area contributed by atoms with Gasteiger partial charge in [0.2, 0.25) is 11.8 Å². The molecule has 0 aromatic heterocycles. The number of benzene rings is 1. The Bertz CT molecular complexity index is 709. The van der Waals surface area contributed by atoms with Gasteiger partial charge in [-0.05, 0) is 49.7 Å². The fourth-order valence-corrected chi connectivity index (χ4v) is 4.27. The number of likely N-dealkylation sites (tertiary alicyclic amines) is 1. The molecule has 0 spiro atoms. The summed E-state index contributed by atoms with van der Waals surface area (Å²) < 4.78 is 19.5. The van der Waals surface area contributed by atoms with Crippen molar-refractivity contribution in [2.75, 3.05) is 20.2 Å². The van der Waals surface area contributed by atoms with Crippen LogP contribution in [0, 0.1) is 11.7 Å². The number of halogens is 1. The third-order valence-corrected chi connectivity index (χ3v) is 5.85. The van der Waals surface area contributed by atoms with Gasteiger partial charge >= 0.3 is 0 Å². The molecule has 0 aliphatic carbocycles. The van der Waals surface area contributed by atoms with Crippen LogP contribution in [0.3, 0.4) is 0 Å². The van der Waals surface area contributed by atoms with E-state index in [1.807, 2.05) is 4.90 Å². The number of nitrogens with one attached hydrogen (secondary N) is 1. The van der Waals surface area contributed by atoms with E-state index in [9.17, 15) is 14.0 Å². The molecule has 0 bridgehead atoms. The molecule has 0 saturated carbocycles. The maximum absolute atomic E-state index is 14.4. The lowest BCUT2D eigenvalue weighted by Crippen LogP contribution is -2.46. The summed E-state index contributed by atoms with van der Waals surface area (Å²) in [5.41, 5.74) is -0.0131. The van der Waals surface area contributed by atoms with E-state index >= 15 is 0 Å². The Kier molecular flexibility index (Phi) is 6.02. The van der Waals surface area contributed by atoms with Crippen molar-refractivity contribution in [1.82, 2.24) is 10.2 Å². The van der Waals surface area contributed by atoms with E-state index in [4.69, 9.17) is 4.74 Å². The molecule has 6 heteroatoms.